The van der Waals surface area contributed by atoms with Gasteiger partial charge in [0, 0.05) is 25.7 Å². The number of amides is 1. The van der Waals surface area contributed by atoms with Crippen molar-refractivity contribution in [1.29, 1.82) is 0 Å². The number of nitrogens with zero attached hydrogens (tertiary/aromatic N) is 1. The summed E-state index contributed by atoms with van der Waals surface area (Å²) in [5.74, 6) is -0.276. The summed E-state index contributed by atoms with van der Waals surface area (Å²) in [7, 11) is -1.99. The van der Waals surface area contributed by atoms with Gasteiger partial charge in [0.15, 0.2) is 0 Å². The fourth-order valence-electron chi connectivity index (χ4n) is 2.58. The van der Waals surface area contributed by atoms with Gasteiger partial charge in [-0.2, -0.15) is 4.31 Å². The molecule has 0 radical (unpaired) electrons. The van der Waals surface area contributed by atoms with Crippen molar-refractivity contribution in [3.05, 3.63) is 29.3 Å². The molecule has 0 aromatic heterocycles. The molecule has 1 aliphatic rings. The number of nitrogens with one attached hydrogen (secondary N) is 1. The highest BCUT2D eigenvalue weighted by Gasteiger charge is 2.27. The van der Waals surface area contributed by atoms with Gasteiger partial charge in [0.2, 0.25) is 10.0 Å². The Bertz CT molecular complexity index is 618. The van der Waals surface area contributed by atoms with E-state index in [2.05, 4.69) is 5.32 Å². The van der Waals surface area contributed by atoms with Crippen molar-refractivity contribution in [2.75, 3.05) is 20.1 Å². The van der Waals surface area contributed by atoms with Crippen LogP contribution in [0.3, 0.4) is 0 Å². The standard InChI is InChI=1S/C15H22N2O3S/c1-12-7-8-13(15(18)16-2)11-14(12)21(19,20)17-9-5-3-4-6-10-17/h7-8,11H,3-6,9-10H2,1-2H3,(H,16,18). The van der Waals surface area contributed by atoms with E-state index < -0.39 is 10.0 Å². The molecule has 1 aromatic rings. The Morgan fingerprint density at radius 1 is 1.14 bits per heavy atom. The summed E-state index contributed by atoms with van der Waals surface area (Å²) in [5, 5.41) is 2.52. The molecule has 6 heteroatoms. The SMILES string of the molecule is CNC(=O)c1ccc(C)c(S(=O)(=O)N2CCCCCC2)c1. The lowest BCUT2D eigenvalue weighted by atomic mass is 10.1. The second-order valence-electron chi connectivity index (χ2n) is 5.38. The van der Waals surface area contributed by atoms with E-state index in [9.17, 15) is 13.2 Å². The normalized spacial score (nSPS) is 17.2. The van der Waals surface area contributed by atoms with E-state index in [0.717, 1.165) is 25.7 Å². The third-order valence-corrected chi connectivity index (χ3v) is 5.90. The van der Waals surface area contributed by atoms with Crippen molar-refractivity contribution < 1.29 is 13.2 Å². The van der Waals surface area contributed by atoms with Crippen molar-refractivity contribution >= 4 is 15.9 Å². The number of carbonyl (C=O) groups excluding carboxylic acids is 1. The topological polar surface area (TPSA) is 66.5 Å². The number of carbonyl (C=O) groups is 1. The van der Waals surface area contributed by atoms with Crippen LogP contribution >= 0.6 is 0 Å². The maximum Gasteiger partial charge on any atom is 0.251 e. The smallest absolute Gasteiger partial charge is 0.251 e. The van der Waals surface area contributed by atoms with Gasteiger partial charge in [-0.1, -0.05) is 18.9 Å². The van der Waals surface area contributed by atoms with E-state index in [0.29, 0.717) is 24.2 Å². The van der Waals surface area contributed by atoms with E-state index in [1.165, 1.54) is 13.1 Å². The Hall–Kier alpha value is -1.40. The van der Waals surface area contributed by atoms with Crippen molar-refractivity contribution in [3.8, 4) is 0 Å². The average molecular weight is 310 g/mol. The predicted octanol–water partition coefficient (Wildman–Crippen LogP) is 1.92. The van der Waals surface area contributed by atoms with Crippen LogP contribution < -0.4 is 5.32 Å². The van der Waals surface area contributed by atoms with E-state index >= 15 is 0 Å². The summed E-state index contributed by atoms with van der Waals surface area (Å²) in [6.07, 6.45) is 3.94. The maximum atomic E-state index is 12.8. The van der Waals surface area contributed by atoms with Gasteiger partial charge < -0.3 is 5.32 Å². The lowest BCUT2D eigenvalue weighted by Crippen LogP contribution is -2.32. The molecule has 1 fully saturated rings. The molecular formula is C15H22N2O3S. The fourth-order valence-corrected chi connectivity index (χ4v) is 4.35. The molecule has 5 nitrogen and oxygen atoms in total. The summed E-state index contributed by atoms with van der Waals surface area (Å²) >= 11 is 0. The molecule has 0 bridgehead atoms. The Balaban J connectivity index is 2.40. The van der Waals surface area contributed by atoms with Gasteiger partial charge in [-0.25, -0.2) is 8.42 Å². The summed E-state index contributed by atoms with van der Waals surface area (Å²) in [4.78, 5) is 12.0. The minimum atomic E-state index is -3.53. The number of benzene rings is 1. The summed E-state index contributed by atoms with van der Waals surface area (Å²) in [6, 6.07) is 4.82. The quantitative estimate of drug-likeness (QED) is 0.927. The Labute approximate surface area is 126 Å². The monoisotopic (exact) mass is 310 g/mol. The molecule has 0 saturated carbocycles. The summed E-state index contributed by atoms with van der Waals surface area (Å²) in [5.41, 5.74) is 1.04. The molecule has 2 rings (SSSR count). The zero-order chi connectivity index (χ0) is 15.5. The van der Waals surface area contributed by atoms with E-state index in [1.807, 2.05) is 0 Å². The number of hydrogen-bond acceptors (Lipinski definition) is 3. The molecule has 1 amide bonds. The molecule has 1 aromatic carbocycles. The Kier molecular flexibility index (Phi) is 5.00. The largest absolute Gasteiger partial charge is 0.355 e. The first-order valence-electron chi connectivity index (χ1n) is 7.29. The number of rotatable bonds is 3. The van der Waals surface area contributed by atoms with Crippen LogP contribution in [0, 0.1) is 6.92 Å². The van der Waals surface area contributed by atoms with Crippen LogP contribution in [0.1, 0.15) is 41.6 Å². The highest BCUT2D eigenvalue weighted by atomic mass is 32.2. The van der Waals surface area contributed by atoms with Crippen LogP contribution in [0.5, 0.6) is 0 Å². The van der Waals surface area contributed by atoms with Crippen LogP contribution in [0.25, 0.3) is 0 Å². The molecular weight excluding hydrogens is 288 g/mol. The maximum absolute atomic E-state index is 12.8. The zero-order valence-corrected chi connectivity index (χ0v) is 13.4. The van der Waals surface area contributed by atoms with Gasteiger partial charge in [0.05, 0.1) is 4.90 Å². The molecule has 0 aliphatic carbocycles. The fraction of sp³-hybridized carbons (Fsp3) is 0.533. The third kappa shape index (κ3) is 3.44. The third-order valence-electron chi connectivity index (χ3n) is 3.86. The van der Waals surface area contributed by atoms with Crippen molar-refractivity contribution in [2.24, 2.45) is 0 Å². The molecule has 0 spiro atoms. The van der Waals surface area contributed by atoms with Gasteiger partial charge in [-0.05, 0) is 37.5 Å². The minimum Gasteiger partial charge on any atom is -0.355 e. The van der Waals surface area contributed by atoms with Gasteiger partial charge in [0.1, 0.15) is 0 Å². The van der Waals surface area contributed by atoms with Crippen LogP contribution in [0.4, 0.5) is 0 Å². The summed E-state index contributed by atoms with van der Waals surface area (Å²) in [6.45, 7) is 2.89. The molecule has 0 atom stereocenters. The molecule has 1 aliphatic heterocycles. The van der Waals surface area contributed by atoms with Crippen molar-refractivity contribution in [2.45, 2.75) is 37.5 Å². The average Bonchev–Trinajstić information content (AvgIpc) is 2.76. The van der Waals surface area contributed by atoms with Crippen molar-refractivity contribution in [1.82, 2.24) is 9.62 Å². The summed E-state index contributed by atoms with van der Waals surface area (Å²) < 4.78 is 27.2. The number of aryl methyl sites for hydroxylation is 1. The highest BCUT2D eigenvalue weighted by molar-refractivity contribution is 7.89. The van der Waals surface area contributed by atoms with Crippen LogP contribution in [-0.2, 0) is 10.0 Å². The lowest BCUT2D eigenvalue weighted by Gasteiger charge is -2.21. The highest BCUT2D eigenvalue weighted by Crippen LogP contribution is 2.24. The molecule has 0 unspecified atom stereocenters. The van der Waals surface area contributed by atoms with Crippen LogP contribution in [0.2, 0.25) is 0 Å². The number of sulfonamides is 1. The van der Waals surface area contributed by atoms with Crippen LogP contribution in [-0.4, -0.2) is 38.8 Å². The van der Waals surface area contributed by atoms with E-state index in [4.69, 9.17) is 0 Å². The van der Waals surface area contributed by atoms with Gasteiger partial charge in [0.25, 0.3) is 5.91 Å². The van der Waals surface area contributed by atoms with Crippen molar-refractivity contribution in [3.63, 3.8) is 0 Å². The van der Waals surface area contributed by atoms with Crippen LogP contribution in [0.15, 0.2) is 23.1 Å². The van der Waals surface area contributed by atoms with Gasteiger partial charge in [-0.15, -0.1) is 0 Å². The second-order valence-corrected chi connectivity index (χ2v) is 7.28. The molecule has 116 valence electrons. The van der Waals surface area contributed by atoms with E-state index in [1.54, 1.807) is 23.4 Å². The predicted molar refractivity (Wildman–Crippen MR) is 81.8 cm³/mol. The zero-order valence-electron chi connectivity index (χ0n) is 12.6. The number of hydrogen-bond donors (Lipinski definition) is 1. The first kappa shape index (κ1) is 16.0. The van der Waals surface area contributed by atoms with Gasteiger partial charge in [-0.3, -0.25) is 4.79 Å². The first-order valence-corrected chi connectivity index (χ1v) is 8.73. The molecule has 1 N–H and O–H groups in total. The minimum absolute atomic E-state index is 0.241. The molecule has 1 saturated heterocycles. The lowest BCUT2D eigenvalue weighted by molar-refractivity contribution is 0.0963. The Morgan fingerprint density at radius 3 is 2.33 bits per heavy atom. The second kappa shape index (κ2) is 6.58. The molecule has 21 heavy (non-hydrogen) atoms. The van der Waals surface area contributed by atoms with Gasteiger partial charge >= 0.3 is 0 Å². The van der Waals surface area contributed by atoms with E-state index in [-0.39, 0.29) is 10.8 Å². The Morgan fingerprint density at radius 2 is 1.76 bits per heavy atom. The molecule has 1 heterocycles. The first-order chi connectivity index (χ1) is 9.96.